The molecule has 1 aromatic heterocycles. The van der Waals surface area contributed by atoms with Crippen molar-refractivity contribution in [3.63, 3.8) is 0 Å². The van der Waals surface area contributed by atoms with Gasteiger partial charge in [0.05, 0.1) is 27.3 Å². The van der Waals surface area contributed by atoms with E-state index in [1.54, 1.807) is 12.1 Å². The van der Waals surface area contributed by atoms with Gasteiger partial charge in [0.2, 0.25) is 0 Å². The molecule has 0 spiro atoms. The molecular weight excluding hydrogens is 358 g/mol. The number of hydrogen-bond donors (Lipinski definition) is 2. The summed E-state index contributed by atoms with van der Waals surface area (Å²) in [4.78, 5) is 16.2. The first-order chi connectivity index (χ1) is 12.5. The Morgan fingerprint density at radius 2 is 2.12 bits per heavy atom. The van der Waals surface area contributed by atoms with E-state index in [9.17, 15) is 20.5 Å². The zero-order chi connectivity index (χ0) is 18.7. The summed E-state index contributed by atoms with van der Waals surface area (Å²) in [5.41, 5.74) is 1.71. The number of halogens is 1. The number of hydrogen-bond acceptors (Lipinski definition) is 7. The lowest BCUT2D eigenvalue weighted by Gasteiger charge is -2.32. The first-order valence-electron chi connectivity index (χ1n) is 8.02. The maximum Gasteiger partial charge on any atom is 0.289 e. The molecule has 26 heavy (non-hydrogen) atoms. The van der Waals surface area contributed by atoms with Gasteiger partial charge >= 0.3 is 0 Å². The molecule has 3 rings (SSSR count). The van der Waals surface area contributed by atoms with Crippen LogP contribution in [0.15, 0.2) is 30.5 Å². The van der Waals surface area contributed by atoms with Crippen molar-refractivity contribution < 1.29 is 10.0 Å². The number of aliphatic hydroxyl groups is 1. The fraction of sp³-hybridized carbons (Fsp3) is 0.294. The summed E-state index contributed by atoms with van der Waals surface area (Å²) in [5.74, 6) is 0.273. The number of aliphatic hydroxyl groups excluding tert-OH is 1. The molecule has 1 saturated heterocycles. The van der Waals surface area contributed by atoms with Gasteiger partial charge in [-0.2, -0.15) is 5.26 Å². The predicted molar refractivity (Wildman–Crippen MR) is 97.8 cm³/mol. The lowest BCUT2D eigenvalue weighted by molar-refractivity contribution is -0.385. The fourth-order valence-corrected chi connectivity index (χ4v) is 3.05. The Labute approximate surface area is 154 Å². The minimum absolute atomic E-state index is 0.117. The van der Waals surface area contributed by atoms with E-state index in [0.29, 0.717) is 37.2 Å². The van der Waals surface area contributed by atoms with Crippen molar-refractivity contribution in [1.82, 2.24) is 4.98 Å². The summed E-state index contributed by atoms with van der Waals surface area (Å²) < 4.78 is 0. The molecule has 0 bridgehead atoms. The predicted octanol–water partition coefficient (Wildman–Crippen LogP) is 3.22. The van der Waals surface area contributed by atoms with Crippen molar-refractivity contribution in [3.8, 4) is 6.07 Å². The number of nitrogens with zero attached hydrogens (tertiary/aromatic N) is 4. The van der Waals surface area contributed by atoms with Gasteiger partial charge in [-0.05, 0) is 31.0 Å². The Bertz CT molecular complexity index is 875. The summed E-state index contributed by atoms with van der Waals surface area (Å²) in [6.07, 6.45) is 2.18. The summed E-state index contributed by atoms with van der Waals surface area (Å²) in [5, 5.41) is 32.9. The Morgan fingerprint density at radius 3 is 2.73 bits per heavy atom. The summed E-state index contributed by atoms with van der Waals surface area (Å²) in [6.45, 7) is 1.39. The van der Waals surface area contributed by atoms with Gasteiger partial charge in [-0.25, -0.2) is 4.98 Å². The van der Waals surface area contributed by atoms with Crippen LogP contribution in [0.3, 0.4) is 0 Å². The van der Waals surface area contributed by atoms with Crippen molar-refractivity contribution in [1.29, 1.82) is 5.26 Å². The van der Waals surface area contributed by atoms with Gasteiger partial charge in [-0.3, -0.25) is 10.1 Å². The van der Waals surface area contributed by atoms with Gasteiger partial charge < -0.3 is 15.3 Å². The zero-order valence-corrected chi connectivity index (χ0v) is 14.5. The van der Waals surface area contributed by atoms with E-state index in [0.717, 1.165) is 11.9 Å². The maximum absolute atomic E-state index is 10.7. The SMILES string of the molecule is N#Cc1cc(Nc2ncc([N+](=O)[O-])cc2Cl)ccc1N1CCC(O)CC1. The van der Waals surface area contributed by atoms with E-state index in [4.69, 9.17) is 11.6 Å². The second-order valence-corrected chi connectivity index (χ2v) is 6.38. The summed E-state index contributed by atoms with van der Waals surface area (Å²) in [7, 11) is 0. The van der Waals surface area contributed by atoms with Crippen LogP contribution in [0.4, 0.5) is 22.9 Å². The highest BCUT2D eigenvalue weighted by Crippen LogP contribution is 2.30. The van der Waals surface area contributed by atoms with Crippen LogP contribution in [-0.4, -0.2) is 34.2 Å². The van der Waals surface area contributed by atoms with E-state index in [1.807, 2.05) is 6.07 Å². The second kappa shape index (κ2) is 7.56. The Morgan fingerprint density at radius 1 is 1.38 bits per heavy atom. The number of benzene rings is 1. The summed E-state index contributed by atoms with van der Waals surface area (Å²) in [6, 6.07) is 8.70. The smallest absolute Gasteiger partial charge is 0.289 e. The third-order valence-electron chi connectivity index (χ3n) is 4.22. The average Bonchev–Trinajstić information content (AvgIpc) is 2.64. The number of piperidine rings is 1. The Kier molecular flexibility index (Phi) is 5.21. The van der Waals surface area contributed by atoms with Crippen molar-refractivity contribution in [2.24, 2.45) is 0 Å². The number of nitriles is 1. The molecule has 9 heteroatoms. The fourth-order valence-electron chi connectivity index (χ4n) is 2.84. The largest absolute Gasteiger partial charge is 0.393 e. The molecule has 2 heterocycles. The Balaban J connectivity index is 1.82. The molecule has 134 valence electrons. The second-order valence-electron chi connectivity index (χ2n) is 5.97. The van der Waals surface area contributed by atoms with Crippen LogP contribution >= 0.6 is 11.6 Å². The van der Waals surface area contributed by atoms with Crippen LogP contribution in [0.1, 0.15) is 18.4 Å². The first-order valence-corrected chi connectivity index (χ1v) is 8.40. The van der Waals surface area contributed by atoms with Crippen LogP contribution in [0.25, 0.3) is 0 Å². The number of anilines is 3. The highest BCUT2D eigenvalue weighted by molar-refractivity contribution is 6.33. The number of nitrogens with one attached hydrogen (secondary N) is 1. The van der Waals surface area contributed by atoms with Gasteiger partial charge in [0.25, 0.3) is 5.69 Å². The molecule has 2 aromatic rings. The number of pyridine rings is 1. The lowest BCUT2D eigenvalue weighted by atomic mass is 10.0. The van der Waals surface area contributed by atoms with E-state index >= 15 is 0 Å². The van der Waals surface area contributed by atoms with Crippen molar-refractivity contribution in [2.45, 2.75) is 18.9 Å². The first kappa shape index (κ1) is 17.9. The minimum atomic E-state index is -0.569. The van der Waals surface area contributed by atoms with Crippen molar-refractivity contribution in [3.05, 3.63) is 51.2 Å². The molecule has 0 aliphatic carbocycles. The summed E-state index contributed by atoms with van der Waals surface area (Å²) >= 11 is 6.04. The standard InChI is InChI=1S/C17H16ClN5O3/c18-15-8-13(23(25)26)10-20-17(15)21-12-1-2-16(11(7-12)9-19)22-5-3-14(24)4-6-22/h1-2,7-8,10,14,24H,3-6H2,(H,20,21). The van der Waals surface area contributed by atoms with Gasteiger partial charge in [0, 0.05) is 24.8 Å². The molecule has 8 nitrogen and oxygen atoms in total. The Hall–Kier alpha value is -2.89. The van der Waals surface area contributed by atoms with Crippen LogP contribution in [-0.2, 0) is 0 Å². The minimum Gasteiger partial charge on any atom is -0.393 e. The van der Waals surface area contributed by atoms with Crippen molar-refractivity contribution >= 4 is 34.5 Å². The molecule has 0 unspecified atom stereocenters. The molecule has 1 aliphatic heterocycles. The molecule has 2 N–H and O–H groups in total. The molecule has 0 amide bonds. The molecule has 0 saturated carbocycles. The van der Waals surface area contributed by atoms with Crippen LogP contribution in [0, 0.1) is 21.4 Å². The highest BCUT2D eigenvalue weighted by atomic mass is 35.5. The van der Waals surface area contributed by atoms with Crippen LogP contribution in [0.2, 0.25) is 5.02 Å². The van der Waals surface area contributed by atoms with Gasteiger partial charge in [0.15, 0.2) is 0 Å². The van der Waals surface area contributed by atoms with Gasteiger partial charge in [-0.1, -0.05) is 11.6 Å². The van der Waals surface area contributed by atoms with E-state index in [1.165, 1.54) is 6.07 Å². The third-order valence-corrected chi connectivity index (χ3v) is 4.51. The number of nitro groups is 1. The maximum atomic E-state index is 10.7. The molecule has 0 radical (unpaired) electrons. The molecule has 1 aromatic carbocycles. The van der Waals surface area contributed by atoms with Crippen molar-refractivity contribution in [2.75, 3.05) is 23.3 Å². The lowest BCUT2D eigenvalue weighted by Crippen LogP contribution is -2.36. The zero-order valence-electron chi connectivity index (χ0n) is 13.7. The quantitative estimate of drug-likeness (QED) is 0.624. The highest BCUT2D eigenvalue weighted by Gasteiger charge is 2.20. The normalized spacial score (nSPS) is 14.7. The molecule has 1 fully saturated rings. The number of rotatable bonds is 4. The topological polar surface area (TPSA) is 115 Å². The van der Waals surface area contributed by atoms with E-state index < -0.39 is 4.92 Å². The van der Waals surface area contributed by atoms with Crippen LogP contribution in [0.5, 0.6) is 0 Å². The van der Waals surface area contributed by atoms with E-state index in [2.05, 4.69) is 21.3 Å². The average molecular weight is 374 g/mol. The molecular formula is C17H16ClN5O3. The van der Waals surface area contributed by atoms with Crippen LogP contribution < -0.4 is 10.2 Å². The van der Waals surface area contributed by atoms with E-state index in [-0.39, 0.29) is 22.6 Å². The molecule has 1 aliphatic rings. The van der Waals surface area contributed by atoms with Gasteiger partial charge in [0.1, 0.15) is 18.1 Å². The monoisotopic (exact) mass is 373 g/mol. The third kappa shape index (κ3) is 3.85. The van der Waals surface area contributed by atoms with Gasteiger partial charge in [-0.15, -0.1) is 0 Å². The molecule has 0 atom stereocenters. The number of aromatic nitrogens is 1.